The summed E-state index contributed by atoms with van der Waals surface area (Å²) in [6.07, 6.45) is 3.18. The summed E-state index contributed by atoms with van der Waals surface area (Å²) in [5.74, 6) is 0. The molecule has 4 heteroatoms. The minimum Gasteiger partial charge on any atom is -0.351 e. The Hall–Kier alpha value is -0.770. The molecule has 1 fully saturated rings. The van der Waals surface area contributed by atoms with Crippen molar-refractivity contribution in [2.45, 2.75) is 38.3 Å². The molecule has 0 aliphatic carbocycles. The Morgan fingerprint density at radius 2 is 2.25 bits per heavy atom. The van der Waals surface area contributed by atoms with Gasteiger partial charge in [-0.1, -0.05) is 0 Å². The first-order chi connectivity index (χ1) is 5.63. The maximum absolute atomic E-state index is 11.0. The first-order valence-corrected chi connectivity index (χ1v) is 4.44. The Labute approximate surface area is 72.9 Å². The Morgan fingerprint density at radius 1 is 1.58 bits per heavy atom. The molecular formula is C8H17N3O. The molecule has 12 heavy (non-hydrogen) atoms. The van der Waals surface area contributed by atoms with Crippen molar-refractivity contribution in [1.29, 1.82) is 0 Å². The zero-order valence-corrected chi connectivity index (χ0v) is 7.49. The fourth-order valence-corrected chi connectivity index (χ4v) is 1.78. The molecule has 2 atom stereocenters. The van der Waals surface area contributed by atoms with Crippen LogP contribution in [-0.2, 0) is 0 Å². The van der Waals surface area contributed by atoms with Crippen molar-refractivity contribution in [3.05, 3.63) is 0 Å². The van der Waals surface area contributed by atoms with E-state index in [1.165, 1.54) is 0 Å². The van der Waals surface area contributed by atoms with Crippen molar-refractivity contribution >= 4 is 6.03 Å². The lowest BCUT2D eigenvalue weighted by atomic mass is 9.97. The average molecular weight is 171 g/mol. The van der Waals surface area contributed by atoms with Gasteiger partial charge in [-0.2, -0.15) is 0 Å². The van der Waals surface area contributed by atoms with Crippen LogP contribution >= 0.6 is 0 Å². The summed E-state index contributed by atoms with van der Waals surface area (Å²) >= 11 is 0. The fourth-order valence-electron chi connectivity index (χ4n) is 1.78. The summed E-state index contributed by atoms with van der Waals surface area (Å²) < 4.78 is 0. The lowest BCUT2D eigenvalue weighted by Gasteiger charge is -2.36. The molecule has 0 aromatic rings. The molecule has 1 saturated heterocycles. The molecule has 0 aromatic heterocycles. The molecule has 0 bridgehead atoms. The van der Waals surface area contributed by atoms with Gasteiger partial charge in [0.2, 0.25) is 0 Å². The number of nitrogens with two attached hydrogens (primary N) is 2. The molecule has 0 saturated carbocycles. The minimum atomic E-state index is -0.336. The van der Waals surface area contributed by atoms with Crippen LogP contribution in [0.4, 0.5) is 4.79 Å². The van der Waals surface area contributed by atoms with E-state index in [1.54, 1.807) is 4.90 Å². The molecular weight excluding hydrogens is 154 g/mol. The summed E-state index contributed by atoms with van der Waals surface area (Å²) in [6.45, 7) is 2.69. The number of nitrogens with zero attached hydrogens (tertiary/aromatic N) is 1. The van der Waals surface area contributed by atoms with Crippen molar-refractivity contribution in [3.63, 3.8) is 0 Å². The van der Waals surface area contributed by atoms with Gasteiger partial charge in [-0.15, -0.1) is 0 Å². The van der Waals surface area contributed by atoms with Gasteiger partial charge in [-0.3, -0.25) is 0 Å². The SMILES string of the molecule is CC(N)C1CCCCN1C(N)=O. The number of primary amides is 1. The third-order valence-corrected chi connectivity index (χ3v) is 2.44. The van der Waals surface area contributed by atoms with E-state index in [1.807, 2.05) is 6.92 Å². The van der Waals surface area contributed by atoms with Gasteiger partial charge in [0.15, 0.2) is 0 Å². The van der Waals surface area contributed by atoms with Crippen molar-refractivity contribution < 1.29 is 4.79 Å². The molecule has 1 aliphatic heterocycles. The van der Waals surface area contributed by atoms with Crippen LogP contribution in [0.15, 0.2) is 0 Å². The second-order valence-electron chi connectivity index (χ2n) is 3.45. The highest BCUT2D eigenvalue weighted by atomic mass is 16.2. The third-order valence-electron chi connectivity index (χ3n) is 2.44. The second-order valence-corrected chi connectivity index (χ2v) is 3.45. The quantitative estimate of drug-likeness (QED) is 0.594. The number of carbonyl (C=O) groups is 1. The van der Waals surface area contributed by atoms with E-state index in [0.29, 0.717) is 0 Å². The van der Waals surface area contributed by atoms with E-state index >= 15 is 0 Å². The van der Waals surface area contributed by atoms with Crippen LogP contribution in [-0.4, -0.2) is 29.6 Å². The lowest BCUT2D eigenvalue weighted by molar-refractivity contribution is 0.148. The fraction of sp³-hybridized carbons (Fsp3) is 0.875. The standard InChI is InChI=1S/C8H17N3O/c1-6(9)7-4-2-3-5-11(7)8(10)12/h6-7H,2-5,9H2,1H3,(H2,10,12). The molecule has 1 rings (SSSR count). The predicted octanol–water partition coefficient (Wildman–Crippen LogP) is 0.267. The van der Waals surface area contributed by atoms with E-state index in [2.05, 4.69) is 0 Å². The van der Waals surface area contributed by atoms with Crippen LogP contribution in [0.2, 0.25) is 0 Å². The predicted molar refractivity (Wildman–Crippen MR) is 47.6 cm³/mol. The van der Waals surface area contributed by atoms with Crippen molar-refractivity contribution in [3.8, 4) is 0 Å². The number of likely N-dealkylation sites (tertiary alicyclic amines) is 1. The number of carbonyl (C=O) groups excluding carboxylic acids is 1. The molecule has 2 unspecified atom stereocenters. The summed E-state index contributed by atoms with van der Waals surface area (Å²) in [7, 11) is 0. The number of hydrogen-bond acceptors (Lipinski definition) is 2. The number of hydrogen-bond donors (Lipinski definition) is 2. The lowest BCUT2D eigenvalue weighted by Crippen LogP contribution is -2.53. The van der Waals surface area contributed by atoms with Crippen LogP contribution in [0.1, 0.15) is 26.2 Å². The first-order valence-electron chi connectivity index (χ1n) is 4.44. The number of piperidine rings is 1. The highest BCUT2D eigenvalue weighted by molar-refractivity contribution is 5.72. The van der Waals surface area contributed by atoms with Gasteiger partial charge in [0, 0.05) is 18.6 Å². The summed E-state index contributed by atoms with van der Waals surface area (Å²) in [5, 5.41) is 0. The van der Waals surface area contributed by atoms with Crippen molar-refractivity contribution in [2.24, 2.45) is 11.5 Å². The molecule has 0 aromatic carbocycles. The van der Waals surface area contributed by atoms with Gasteiger partial charge in [0.25, 0.3) is 0 Å². The van der Waals surface area contributed by atoms with Gasteiger partial charge in [0.1, 0.15) is 0 Å². The average Bonchev–Trinajstić information content (AvgIpc) is 2.04. The van der Waals surface area contributed by atoms with Crippen LogP contribution in [0, 0.1) is 0 Å². The first kappa shape index (κ1) is 9.32. The van der Waals surface area contributed by atoms with E-state index in [0.717, 1.165) is 25.8 Å². The summed E-state index contributed by atoms with van der Waals surface area (Å²) in [6, 6.07) is -0.161. The Morgan fingerprint density at radius 3 is 2.67 bits per heavy atom. The molecule has 70 valence electrons. The minimum absolute atomic E-state index is 0.0257. The molecule has 4 nitrogen and oxygen atoms in total. The molecule has 0 radical (unpaired) electrons. The van der Waals surface area contributed by atoms with Crippen LogP contribution in [0.3, 0.4) is 0 Å². The summed E-state index contributed by atoms with van der Waals surface area (Å²) in [4.78, 5) is 12.7. The molecule has 2 amide bonds. The smallest absolute Gasteiger partial charge is 0.315 e. The zero-order chi connectivity index (χ0) is 9.14. The number of amides is 2. The van der Waals surface area contributed by atoms with E-state index in [-0.39, 0.29) is 18.1 Å². The highest BCUT2D eigenvalue weighted by Gasteiger charge is 2.27. The Bertz CT molecular complexity index is 170. The van der Waals surface area contributed by atoms with Gasteiger partial charge in [-0.05, 0) is 26.2 Å². The largest absolute Gasteiger partial charge is 0.351 e. The topological polar surface area (TPSA) is 72.3 Å². The second kappa shape index (κ2) is 3.76. The van der Waals surface area contributed by atoms with Gasteiger partial charge >= 0.3 is 6.03 Å². The number of rotatable bonds is 1. The Kier molecular flexibility index (Phi) is 2.92. The van der Waals surface area contributed by atoms with E-state index < -0.39 is 0 Å². The van der Waals surface area contributed by atoms with E-state index in [4.69, 9.17) is 11.5 Å². The molecule has 4 N–H and O–H groups in total. The maximum Gasteiger partial charge on any atom is 0.315 e. The molecule has 1 aliphatic rings. The normalized spacial score (nSPS) is 26.8. The van der Waals surface area contributed by atoms with Crippen LogP contribution < -0.4 is 11.5 Å². The van der Waals surface area contributed by atoms with Gasteiger partial charge in [-0.25, -0.2) is 4.79 Å². The number of urea groups is 1. The molecule has 0 spiro atoms. The van der Waals surface area contributed by atoms with Crippen LogP contribution in [0.25, 0.3) is 0 Å². The monoisotopic (exact) mass is 171 g/mol. The van der Waals surface area contributed by atoms with Gasteiger partial charge < -0.3 is 16.4 Å². The van der Waals surface area contributed by atoms with Crippen molar-refractivity contribution in [1.82, 2.24) is 4.90 Å². The van der Waals surface area contributed by atoms with Crippen LogP contribution in [0.5, 0.6) is 0 Å². The van der Waals surface area contributed by atoms with E-state index in [9.17, 15) is 4.79 Å². The molecule has 1 heterocycles. The zero-order valence-electron chi connectivity index (χ0n) is 7.49. The van der Waals surface area contributed by atoms with Gasteiger partial charge in [0.05, 0.1) is 0 Å². The van der Waals surface area contributed by atoms with Crippen molar-refractivity contribution in [2.75, 3.05) is 6.54 Å². The third kappa shape index (κ3) is 1.88. The maximum atomic E-state index is 11.0. The Balaban J connectivity index is 2.60. The summed E-state index contributed by atoms with van der Waals surface area (Å²) in [5.41, 5.74) is 11.0. The highest BCUT2D eigenvalue weighted by Crippen LogP contribution is 2.18.